The number of thiophene rings is 1. The van der Waals surface area contributed by atoms with Crippen molar-refractivity contribution >= 4 is 23.1 Å². The van der Waals surface area contributed by atoms with Gasteiger partial charge in [-0.15, -0.1) is 0 Å². The topological polar surface area (TPSA) is 57.3 Å². The van der Waals surface area contributed by atoms with Crippen molar-refractivity contribution in [3.8, 4) is 0 Å². The molecule has 2 bridgehead atoms. The van der Waals surface area contributed by atoms with Crippen LogP contribution in [-0.2, 0) is 6.42 Å². The van der Waals surface area contributed by atoms with E-state index in [2.05, 4.69) is 26.6 Å². The summed E-state index contributed by atoms with van der Waals surface area (Å²) in [5.74, 6) is 0.574. The predicted molar refractivity (Wildman–Crippen MR) is 96.3 cm³/mol. The van der Waals surface area contributed by atoms with E-state index in [4.69, 9.17) is 0 Å². The van der Waals surface area contributed by atoms with Gasteiger partial charge in [-0.2, -0.15) is 11.3 Å². The van der Waals surface area contributed by atoms with Gasteiger partial charge in [0.25, 0.3) is 0 Å². The molecular formula is C18H22N4OS. The van der Waals surface area contributed by atoms with Crippen LogP contribution in [0.15, 0.2) is 41.4 Å². The van der Waals surface area contributed by atoms with Gasteiger partial charge < -0.3 is 10.6 Å². The minimum Gasteiger partial charge on any atom is -0.333 e. The number of amides is 2. The first-order valence-corrected chi connectivity index (χ1v) is 9.46. The molecule has 3 saturated heterocycles. The number of carbonyl (C=O) groups is 1. The van der Waals surface area contributed by atoms with Crippen LogP contribution in [-0.4, -0.2) is 41.1 Å². The van der Waals surface area contributed by atoms with Crippen LogP contribution < -0.4 is 10.6 Å². The average Bonchev–Trinajstić information content (AvgIpc) is 3.11. The molecule has 2 atom stereocenters. The molecule has 24 heavy (non-hydrogen) atoms. The normalized spacial score (nSPS) is 28.5. The first-order chi connectivity index (χ1) is 11.8. The Hall–Kier alpha value is -1.92. The minimum atomic E-state index is -0.0941. The molecule has 5 nitrogen and oxygen atoms in total. The number of piperidine rings is 3. The Bertz CT molecular complexity index is 668. The third-order valence-electron chi connectivity index (χ3n) is 5.21. The van der Waals surface area contributed by atoms with Gasteiger partial charge >= 0.3 is 6.03 Å². The number of anilines is 1. The molecule has 2 amide bonds. The van der Waals surface area contributed by atoms with Gasteiger partial charge in [-0.1, -0.05) is 6.07 Å². The highest BCUT2D eigenvalue weighted by molar-refractivity contribution is 7.08. The van der Waals surface area contributed by atoms with Crippen LogP contribution in [0.2, 0.25) is 0 Å². The summed E-state index contributed by atoms with van der Waals surface area (Å²) in [6.45, 7) is 2.28. The summed E-state index contributed by atoms with van der Waals surface area (Å²) in [6.07, 6.45) is 7.03. The fraction of sp³-hybridized carbons (Fsp3) is 0.444. The molecule has 3 fully saturated rings. The molecule has 2 aromatic heterocycles. The maximum atomic E-state index is 12.4. The lowest BCUT2D eigenvalue weighted by molar-refractivity contribution is 0.0184. The van der Waals surface area contributed by atoms with Crippen LogP contribution in [0.5, 0.6) is 0 Å². The van der Waals surface area contributed by atoms with Gasteiger partial charge in [-0.25, -0.2) is 4.79 Å². The number of hydrogen-bond acceptors (Lipinski definition) is 4. The number of hydrogen-bond donors (Lipinski definition) is 2. The Morgan fingerprint density at radius 1 is 1.33 bits per heavy atom. The molecule has 126 valence electrons. The van der Waals surface area contributed by atoms with Crippen molar-refractivity contribution in [2.75, 3.05) is 18.4 Å². The van der Waals surface area contributed by atoms with Crippen LogP contribution in [0.4, 0.5) is 10.5 Å². The van der Waals surface area contributed by atoms with Gasteiger partial charge in [0.1, 0.15) is 0 Å². The first-order valence-electron chi connectivity index (χ1n) is 8.52. The van der Waals surface area contributed by atoms with E-state index in [1.165, 1.54) is 18.4 Å². The molecule has 0 aromatic carbocycles. The maximum Gasteiger partial charge on any atom is 0.319 e. The van der Waals surface area contributed by atoms with Crippen molar-refractivity contribution in [3.63, 3.8) is 0 Å². The van der Waals surface area contributed by atoms with Crippen LogP contribution in [0.25, 0.3) is 0 Å². The lowest BCUT2D eigenvalue weighted by Gasteiger charge is -2.51. The number of carbonyl (C=O) groups excluding carboxylic acids is 1. The van der Waals surface area contributed by atoms with Crippen LogP contribution in [0, 0.1) is 5.92 Å². The molecule has 6 heteroatoms. The molecule has 5 rings (SSSR count). The highest BCUT2D eigenvalue weighted by atomic mass is 32.1. The molecule has 5 heterocycles. The Balaban J connectivity index is 1.47. The molecule has 0 saturated carbocycles. The van der Waals surface area contributed by atoms with Crippen molar-refractivity contribution in [2.24, 2.45) is 5.92 Å². The summed E-state index contributed by atoms with van der Waals surface area (Å²) in [5.41, 5.74) is 2.10. The Labute approximate surface area is 146 Å². The van der Waals surface area contributed by atoms with Gasteiger partial charge in [0.2, 0.25) is 0 Å². The molecule has 0 spiro atoms. The van der Waals surface area contributed by atoms with Crippen LogP contribution in [0.3, 0.4) is 0 Å². The fourth-order valence-corrected chi connectivity index (χ4v) is 4.62. The quantitative estimate of drug-likeness (QED) is 0.898. The Morgan fingerprint density at radius 3 is 2.92 bits per heavy atom. The van der Waals surface area contributed by atoms with E-state index in [0.717, 1.165) is 25.2 Å². The molecule has 2 unspecified atom stereocenters. The van der Waals surface area contributed by atoms with E-state index in [0.29, 0.717) is 12.0 Å². The van der Waals surface area contributed by atoms with Crippen LogP contribution >= 0.6 is 11.3 Å². The zero-order valence-electron chi connectivity index (χ0n) is 13.5. The maximum absolute atomic E-state index is 12.4. The second-order valence-electron chi connectivity index (χ2n) is 6.64. The minimum absolute atomic E-state index is 0.0941. The van der Waals surface area contributed by atoms with E-state index in [1.54, 1.807) is 17.5 Å². The van der Waals surface area contributed by atoms with Gasteiger partial charge in [0.05, 0.1) is 5.69 Å². The summed E-state index contributed by atoms with van der Waals surface area (Å²) >= 11 is 1.58. The third kappa shape index (κ3) is 3.30. The van der Waals surface area contributed by atoms with Crippen molar-refractivity contribution < 1.29 is 4.79 Å². The summed E-state index contributed by atoms with van der Waals surface area (Å²) in [6, 6.07) is 6.49. The predicted octanol–water partition coefficient (Wildman–Crippen LogP) is 2.97. The molecule has 2 aromatic rings. The van der Waals surface area contributed by atoms with Gasteiger partial charge in [-0.05, 0) is 61.3 Å². The van der Waals surface area contributed by atoms with Crippen molar-refractivity contribution in [1.29, 1.82) is 0 Å². The smallest absolute Gasteiger partial charge is 0.319 e. The molecule has 0 aliphatic carbocycles. The summed E-state index contributed by atoms with van der Waals surface area (Å²) < 4.78 is 0. The standard InChI is InChI=1S/C18H22N4OS/c23-18(20-15-5-9-24-12-15)21-17-14-3-7-22(8-4-14)16(17)10-13-2-1-6-19-11-13/h1-2,5-6,9,11-12,14,16-17H,3-4,7-8,10H2,(H2,20,21,23). The fourth-order valence-electron chi connectivity index (χ4n) is 4.04. The molecule has 2 N–H and O–H groups in total. The zero-order chi connectivity index (χ0) is 16.4. The zero-order valence-corrected chi connectivity index (χ0v) is 14.3. The first kappa shape index (κ1) is 15.6. The summed E-state index contributed by atoms with van der Waals surface area (Å²) in [5, 5.41) is 10.1. The van der Waals surface area contributed by atoms with Gasteiger partial charge in [0.15, 0.2) is 0 Å². The highest BCUT2D eigenvalue weighted by Crippen LogP contribution is 2.34. The molecule has 0 radical (unpaired) electrons. The van der Waals surface area contributed by atoms with E-state index in [9.17, 15) is 4.79 Å². The van der Waals surface area contributed by atoms with Crippen LogP contribution in [0.1, 0.15) is 18.4 Å². The molecule has 3 aliphatic heterocycles. The monoisotopic (exact) mass is 342 g/mol. The second-order valence-corrected chi connectivity index (χ2v) is 7.42. The van der Waals surface area contributed by atoms with Gasteiger partial charge in [0, 0.05) is 29.9 Å². The number of rotatable bonds is 4. The van der Waals surface area contributed by atoms with E-state index in [-0.39, 0.29) is 12.1 Å². The number of nitrogens with one attached hydrogen (secondary N) is 2. The van der Waals surface area contributed by atoms with Gasteiger partial charge in [-0.3, -0.25) is 9.88 Å². The molecule has 3 aliphatic rings. The Kier molecular flexibility index (Phi) is 4.49. The van der Waals surface area contributed by atoms with Crippen molar-refractivity contribution in [3.05, 3.63) is 46.9 Å². The van der Waals surface area contributed by atoms with Crippen molar-refractivity contribution in [1.82, 2.24) is 15.2 Å². The SMILES string of the molecule is O=C(Nc1ccsc1)NC1C2CCN(CC2)C1Cc1cccnc1. The number of fused-ring (bicyclic) bond motifs is 3. The largest absolute Gasteiger partial charge is 0.333 e. The van der Waals surface area contributed by atoms with E-state index >= 15 is 0 Å². The number of urea groups is 1. The number of aromatic nitrogens is 1. The highest BCUT2D eigenvalue weighted by Gasteiger charge is 2.42. The number of nitrogens with zero attached hydrogens (tertiary/aromatic N) is 2. The number of pyridine rings is 1. The molecular weight excluding hydrogens is 320 g/mol. The van der Waals surface area contributed by atoms with E-state index < -0.39 is 0 Å². The lowest BCUT2D eigenvalue weighted by Crippen LogP contribution is -2.64. The third-order valence-corrected chi connectivity index (χ3v) is 5.89. The average molecular weight is 342 g/mol. The second kappa shape index (κ2) is 6.91. The summed E-state index contributed by atoms with van der Waals surface area (Å²) in [4.78, 5) is 19.2. The van der Waals surface area contributed by atoms with Crippen molar-refractivity contribution in [2.45, 2.75) is 31.3 Å². The lowest BCUT2D eigenvalue weighted by atomic mass is 9.77. The Morgan fingerprint density at radius 2 is 2.21 bits per heavy atom. The van der Waals surface area contributed by atoms with E-state index in [1.807, 2.05) is 29.1 Å². The summed E-state index contributed by atoms with van der Waals surface area (Å²) in [7, 11) is 0.